The van der Waals surface area contributed by atoms with E-state index in [4.69, 9.17) is 11.6 Å². The van der Waals surface area contributed by atoms with Crippen molar-refractivity contribution in [3.63, 3.8) is 0 Å². The van der Waals surface area contributed by atoms with Crippen molar-refractivity contribution >= 4 is 46.4 Å². The number of allylic oxidation sites excluding steroid dienone is 2. The maximum atomic E-state index is 12.4. The van der Waals surface area contributed by atoms with E-state index < -0.39 is 11.1 Å². The van der Waals surface area contributed by atoms with Gasteiger partial charge in [-0.2, -0.15) is 0 Å². The van der Waals surface area contributed by atoms with Crippen molar-refractivity contribution in [2.24, 2.45) is 0 Å². The highest BCUT2D eigenvalue weighted by atomic mass is 35.5. The summed E-state index contributed by atoms with van der Waals surface area (Å²) in [6, 6.07) is 15.9. The van der Waals surface area contributed by atoms with Gasteiger partial charge in [0.15, 0.2) is 5.78 Å². The van der Waals surface area contributed by atoms with E-state index in [9.17, 15) is 14.4 Å². The topological polar surface area (TPSA) is 54.5 Å². The van der Waals surface area contributed by atoms with Gasteiger partial charge in [0.05, 0.1) is 11.4 Å². The van der Waals surface area contributed by atoms with Crippen LogP contribution in [0, 0.1) is 0 Å². The molecule has 1 heterocycles. The van der Waals surface area contributed by atoms with Crippen molar-refractivity contribution in [2.45, 2.75) is 0 Å². The monoisotopic (exact) mass is 383 g/mol. The number of rotatable bonds is 5. The molecule has 1 fully saturated rings. The minimum absolute atomic E-state index is 0.286. The molecule has 0 aromatic heterocycles. The number of benzene rings is 2. The zero-order valence-corrected chi connectivity index (χ0v) is 15.2. The van der Waals surface area contributed by atoms with Crippen LogP contribution >= 0.6 is 23.4 Å². The van der Waals surface area contributed by atoms with E-state index in [1.165, 1.54) is 0 Å². The summed E-state index contributed by atoms with van der Waals surface area (Å²) in [4.78, 5) is 38.0. The van der Waals surface area contributed by atoms with Crippen LogP contribution in [0.2, 0.25) is 5.02 Å². The number of thioether (sulfide) groups is 1. The van der Waals surface area contributed by atoms with E-state index in [1.807, 2.05) is 36.4 Å². The van der Waals surface area contributed by atoms with Crippen LogP contribution in [-0.2, 0) is 4.79 Å². The lowest BCUT2D eigenvalue weighted by Crippen LogP contribution is -2.33. The lowest BCUT2D eigenvalue weighted by molar-refractivity contribution is -0.122. The Morgan fingerprint density at radius 3 is 2.42 bits per heavy atom. The standard InChI is InChI=1S/C20H14ClNO3S/c21-16-11-9-15(10-12-16)17(23)13-22-19(24)18(26-20(22)25)8-4-7-14-5-2-1-3-6-14/h1-12H,13H2/b7-4+,18-8+. The molecule has 0 saturated carbocycles. The fraction of sp³-hybridized carbons (Fsp3) is 0.0500. The van der Waals surface area contributed by atoms with Crippen LogP contribution in [0.3, 0.4) is 0 Å². The zero-order chi connectivity index (χ0) is 18.5. The SMILES string of the molecule is O=C(CN1C(=O)S/C(=C/C=C/c2ccccc2)C1=O)c1ccc(Cl)cc1. The number of ketones is 1. The van der Waals surface area contributed by atoms with Gasteiger partial charge >= 0.3 is 0 Å². The number of halogens is 1. The van der Waals surface area contributed by atoms with Crippen molar-refractivity contribution in [2.75, 3.05) is 6.54 Å². The van der Waals surface area contributed by atoms with Gasteiger partial charge in [-0.05, 0) is 47.7 Å². The van der Waals surface area contributed by atoms with Gasteiger partial charge in [-0.3, -0.25) is 19.3 Å². The van der Waals surface area contributed by atoms with Crippen molar-refractivity contribution in [3.05, 3.63) is 87.8 Å². The Morgan fingerprint density at radius 1 is 1.04 bits per heavy atom. The van der Waals surface area contributed by atoms with E-state index in [1.54, 1.807) is 36.4 Å². The van der Waals surface area contributed by atoms with Crippen LogP contribution in [-0.4, -0.2) is 28.4 Å². The number of carbonyl (C=O) groups excluding carboxylic acids is 3. The van der Waals surface area contributed by atoms with Gasteiger partial charge in [0, 0.05) is 10.6 Å². The second kappa shape index (κ2) is 8.17. The number of amides is 2. The van der Waals surface area contributed by atoms with Crippen molar-refractivity contribution in [1.82, 2.24) is 4.90 Å². The molecular weight excluding hydrogens is 370 g/mol. The summed E-state index contributed by atoms with van der Waals surface area (Å²) in [7, 11) is 0. The van der Waals surface area contributed by atoms with E-state index in [0.29, 0.717) is 15.5 Å². The largest absolute Gasteiger partial charge is 0.293 e. The van der Waals surface area contributed by atoms with Gasteiger partial charge < -0.3 is 0 Å². The highest BCUT2D eigenvalue weighted by Crippen LogP contribution is 2.30. The summed E-state index contributed by atoms with van der Waals surface area (Å²) in [6.07, 6.45) is 5.14. The van der Waals surface area contributed by atoms with Crippen LogP contribution in [0.25, 0.3) is 6.08 Å². The maximum absolute atomic E-state index is 12.4. The Labute approximate surface area is 160 Å². The quantitative estimate of drug-likeness (QED) is 0.549. The van der Waals surface area contributed by atoms with Gasteiger partial charge in [-0.25, -0.2) is 0 Å². The molecule has 0 aliphatic carbocycles. The number of hydrogen-bond donors (Lipinski definition) is 0. The molecule has 2 amide bonds. The molecule has 2 aromatic carbocycles. The molecule has 4 nitrogen and oxygen atoms in total. The normalized spacial score (nSPS) is 16.0. The molecule has 0 atom stereocenters. The molecule has 0 unspecified atom stereocenters. The number of nitrogens with zero attached hydrogens (tertiary/aromatic N) is 1. The zero-order valence-electron chi connectivity index (χ0n) is 13.6. The molecule has 0 radical (unpaired) electrons. The van der Waals surface area contributed by atoms with E-state index in [-0.39, 0.29) is 12.3 Å². The smallest absolute Gasteiger partial charge is 0.292 e. The molecule has 1 aliphatic rings. The molecule has 2 aromatic rings. The molecule has 0 spiro atoms. The molecule has 1 aliphatic heterocycles. The van der Waals surface area contributed by atoms with Crippen LogP contribution < -0.4 is 0 Å². The molecule has 0 bridgehead atoms. The summed E-state index contributed by atoms with van der Waals surface area (Å²) >= 11 is 6.63. The number of hydrogen-bond acceptors (Lipinski definition) is 4. The highest BCUT2D eigenvalue weighted by molar-refractivity contribution is 8.18. The average molecular weight is 384 g/mol. The van der Waals surface area contributed by atoms with Crippen molar-refractivity contribution in [3.8, 4) is 0 Å². The Balaban J connectivity index is 1.68. The fourth-order valence-corrected chi connectivity index (χ4v) is 3.25. The first kappa shape index (κ1) is 18.2. The number of imide groups is 1. The third-order valence-electron chi connectivity index (χ3n) is 3.68. The lowest BCUT2D eigenvalue weighted by Gasteiger charge is -2.11. The van der Waals surface area contributed by atoms with Crippen LogP contribution in [0.15, 0.2) is 71.7 Å². The van der Waals surface area contributed by atoms with E-state index in [0.717, 1.165) is 22.2 Å². The second-order valence-electron chi connectivity index (χ2n) is 5.49. The average Bonchev–Trinajstić information content (AvgIpc) is 2.91. The molecule has 130 valence electrons. The van der Waals surface area contributed by atoms with Crippen LogP contribution in [0.1, 0.15) is 15.9 Å². The maximum Gasteiger partial charge on any atom is 0.293 e. The fourth-order valence-electron chi connectivity index (χ4n) is 2.33. The van der Waals surface area contributed by atoms with Crippen LogP contribution in [0.5, 0.6) is 0 Å². The van der Waals surface area contributed by atoms with E-state index >= 15 is 0 Å². The van der Waals surface area contributed by atoms with Gasteiger partial charge in [0.25, 0.3) is 11.1 Å². The predicted octanol–water partition coefficient (Wildman–Crippen LogP) is 4.82. The molecule has 26 heavy (non-hydrogen) atoms. The summed E-state index contributed by atoms with van der Waals surface area (Å²) in [5.74, 6) is -0.773. The third-order valence-corrected chi connectivity index (χ3v) is 4.85. The lowest BCUT2D eigenvalue weighted by atomic mass is 10.1. The molecule has 6 heteroatoms. The van der Waals surface area contributed by atoms with Gasteiger partial charge in [0.1, 0.15) is 0 Å². The minimum Gasteiger partial charge on any atom is -0.292 e. The second-order valence-corrected chi connectivity index (χ2v) is 6.92. The summed E-state index contributed by atoms with van der Waals surface area (Å²) in [5, 5.41) is 0.0672. The van der Waals surface area contributed by atoms with Crippen molar-refractivity contribution < 1.29 is 14.4 Å². The Bertz CT molecular complexity index is 904. The Kier molecular flexibility index (Phi) is 5.71. The van der Waals surface area contributed by atoms with Gasteiger partial charge in [-0.1, -0.05) is 54.1 Å². The Morgan fingerprint density at radius 2 is 1.73 bits per heavy atom. The summed E-state index contributed by atoms with van der Waals surface area (Å²) in [6.45, 7) is -0.286. The first-order valence-corrected chi connectivity index (χ1v) is 9.00. The summed E-state index contributed by atoms with van der Waals surface area (Å²) < 4.78 is 0. The molecule has 1 saturated heterocycles. The molecule has 3 rings (SSSR count). The molecule has 0 N–H and O–H groups in total. The molecular formula is C20H14ClNO3S. The first-order chi connectivity index (χ1) is 12.5. The highest BCUT2D eigenvalue weighted by Gasteiger charge is 2.36. The van der Waals surface area contributed by atoms with Gasteiger partial charge in [0.2, 0.25) is 0 Å². The third kappa shape index (κ3) is 4.31. The Hall–Kier alpha value is -2.63. The van der Waals surface area contributed by atoms with Crippen LogP contribution in [0.4, 0.5) is 4.79 Å². The predicted molar refractivity (Wildman–Crippen MR) is 104 cm³/mol. The van der Waals surface area contributed by atoms with E-state index in [2.05, 4.69) is 0 Å². The van der Waals surface area contributed by atoms with Crippen molar-refractivity contribution in [1.29, 1.82) is 0 Å². The first-order valence-electron chi connectivity index (χ1n) is 7.80. The van der Waals surface area contributed by atoms with Gasteiger partial charge in [-0.15, -0.1) is 0 Å². The number of Topliss-reactive ketones (excluding diaryl/α,β-unsaturated/α-hetero) is 1. The number of carbonyl (C=O) groups is 3. The summed E-state index contributed by atoms with van der Waals surface area (Å²) in [5.41, 5.74) is 1.39. The minimum atomic E-state index is -0.458.